The number of hydrogen-bond donors (Lipinski definition) is 0. The van der Waals surface area contributed by atoms with Crippen LogP contribution in [-0.2, 0) is 0 Å². The van der Waals surface area contributed by atoms with Gasteiger partial charge in [0.1, 0.15) is 0 Å². The average molecular weight is 327 g/mol. The average Bonchev–Trinajstić information content (AvgIpc) is 2.88. The van der Waals surface area contributed by atoms with E-state index in [2.05, 4.69) is 31.5 Å². The maximum Gasteiger partial charge on any atom is 0.214 e. The second-order valence-electron chi connectivity index (χ2n) is 3.81. The number of rotatable bonds is 7. The monoisotopic (exact) mass is 326 g/mol. The van der Waals surface area contributed by atoms with E-state index in [0.717, 1.165) is 21.9 Å². The molecular weight excluding hydrogens is 312 g/mol. The second-order valence-corrected chi connectivity index (χ2v) is 5.66. The van der Waals surface area contributed by atoms with Gasteiger partial charge in [0.25, 0.3) is 0 Å². The van der Waals surface area contributed by atoms with Gasteiger partial charge >= 0.3 is 0 Å². The van der Waals surface area contributed by atoms with Crippen LogP contribution < -0.4 is 0 Å². The van der Waals surface area contributed by atoms with Crippen LogP contribution in [0.25, 0.3) is 5.69 Å². The Morgan fingerprint density at radius 3 is 2.72 bits per heavy atom. The van der Waals surface area contributed by atoms with E-state index in [1.54, 1.807) is 16.4 Å². The first-order valence-electron chi connectivity index (χ1n) is 5.94. The SMILES string of the molecule is BrCCCCCSc1nnnn1-c1ccccc1. The van der Waals surface area contributed by atoms with E-state index in [1.165, 1.54) is 19.3 Å². The van der Waals surface area contributed by atoms with Crippen molar-refractivity contribution in [1.29, 1.82) is 0 Å². The molecule has 1 aromatic carbocycles. The summed E-state index contributed by atoms with van der Waals surface area (Å²) in [5, 5.41) is 13.8. The Balaban J connectivity index is 1.92. The topological polar surface area (TPSA) is 43.6 Å². The second kappa shape index (κ2) is 7.53. The number of tetrazole rings is 1. The Labute approximate surface area is 119 Å². The molecule has 18 heavy (non-hydrogen) atoms. The lowest BCUT2D eigenvalue weighted by atomic mass is 10.3. The molecule has 1 aromatic heterocycles. The largest absolute Gasteiger partial charge is 0.214 e. The third-order valence-electron chi connectivity index (χ3n) is 2.45. The van der Waals surface area contributed by atoms with E-state index in [4.69, 9.17) is 0 Å². The first-order valence-corrected chi connectivity index (χ1v) is 8.05. The van der Waals surface area contributed by atoms with Crippen molar-refractivity contribution in [2.75, 3.05) is 11.1 Å². The quantitative estimate of drug-likeness (QED) is 0.444. The molecule has 96 valence electrons. The summed E-state index contributed by atoms with van der Waals surface area (Å²) in [4.78, 5) is 0. The Bertz CT molecular complexity index is 460. The van der Waals surface area contributed by atoms with Crippen molar-refractivity contribution < 1.29 is 0 Å². The van der Waals surface area contributed by atoms with Crippen molar-refractivity contribution in [2.45, 2.75) is 24.4 Å². The molecule has 0 N–H and O–H groups in total. The van der Waals surface area contributed by atoms with Crippen LogP contribution in [0.4, 0.5) is 0 Å². The fraction of sp³-hybridized carbons (Fsp3) is 0.417. The van der Waals surface area contributed by atoms with Gasteiger partial charge in [-0.15, -0.1) is 5.10 Å². The highest BCUT2D eigenvalue weighted by Gasteiger charge is 2.07. The number of alkyl halides is 1. The van der Waals surface area contributed by atoms with E-state index in [9.17, 15) is 0 Å². The molecule has 0 aliphatic heterocycles. The minimum Gasteiger partial charge on any atom is -0.188 e. The van der Waals surface area contributed by atoms with Crippen LogP contribution >= 0.6 is 27.7 Å². The van der Waals surface area contributed by atoms with Gasteiger partial charge in [0, 0.05) is 11.1 Å². The maximum atomic E-state index is 4.07. The number of aromatic nitrogens is 4. The number of para-hydroxylation sites is 1. The molecule has 0 aliphatic carbocycles. The zero-order valence-corrected chi connectivity index (χ0v) is 12.4. The molecule has 0 bridgehead atoms. The molecule has 0 aliphatic rings. The summed E-state index contributed by atoms with van der Waals surface area (Å²) in [6, 6.07) is 9.97. The van der Waals surface area contributed by atoms with E-state index >= 15 is 0 Å². The summed E-state index contributed by atoms with van der Waals surface area (Å²) in [6.07, 6.45) is 3.66. The van der Waals surface area contributed by atoms with Gasteiger partial charge in [-0.25, -0.2) is 0 Å². The molecule has 2 rings (SSSR count). The third-order valence-corrected chi connectivity index (χ3v) is 4.02. The summed E-state index contributed by atoms with van der Waals surface area (Å²) in [5.74, 6) is 1.06. The van der Waals surface area contributed by atoms with Gasteiger partial charge in [-0.3, -0.25) is 0 Å². The summed E-state index contributed by atoms with van der Waals surface area (Å²) in [5.41, 5.74) is 1.01. The minimum absolute atomic E-state index is 0.861. The first-order chi connectivity index (χ1) is 8.92. The number of thioether (sulfide) groups is 1. The molecule has 4 nitrogen and oxygen atoms in total. The molecule has 0 radical (unpaired) electrons. The molecule has 0 fully saturated rings. The molecule has 0 unspecified atom stereocenters. The standard InChI is InChI=1S/C12H15BrN4S/c13-9-5-2-6-10-18-12-14-15-16-17(12)11-7-3-1-4-8-11/h1,3-4,7-8H,2,5-6,9-10H2. The molecule has 2 aromatic rings. The van der Waals surface area contributed by atoms with Crippen molar-refractivity contribution in [3.05, 3.63) is 30.3 Å². The van der Waals surface area contributed by atoms with Gasteiger partial charge in [-0.05, 0) is 35.4 Å². The van der Waals surface area contributed by atoms with Gasteiger partial charge in [0.15, 0.2) is 0 Å². The number of hydrogen-bond acceptors (Lipinski definition) is 4. The number of benzene rings is 1. The van der Waals surface area contributed by atoms with Crippen LogP contribution in [0, 0.1) is 0 Å². The fourth-order valence-corrected chi connectivity index (χ4v) is 2.82. The van der Waals surface area contributed by atoms with Gasteiger partial charge in [0.2, 0.25) is 5.16 Å². The highest BCUT2D eigenvalue weighted by atomic mass is 79.9. The van der Waals surface area contributed by atoms with Crippen LogP contribution in [0.2, 0.25) is 0 Å². The van der Waals surface area contributed by atoms with Gasteiger partial charge in [-0.1, -0.05) is 52.3 Å². The normalized spacial score (nSPS) is 10.7. The predicted octanol–water partition coefficient (Wildman–Crippen LogP) is 3.32. The molecule has 0 saturated carbocycles. The number of halogens is 1. The Morgan fingerprint density at radius 2 is 1.94 bits per heavy atom. The van der Waals surface area contributed by atoms with Crippen molar-refractivity contribution in [2.24, 2.45) is 0 Å². The first kappa shape index (κ1) is 13.5. The van der Waals surface area contributed by atoms with Crippen LogP contribution in [0.15, 0.2) is 35.5 Å². The van der Waals surface area contributed by atoms with Crippen molar-refractivity contribution in [1.82, 2.24) is 20.2 Å². The molecule has 0 amide bonds. The summed E-state index contributed by atoms with van der Waals surface area (Å²) < 4.78 is 1.79. The van der Waals surface area contributed by atoms with E-state index < -0.39 is 0 Å². The molecule has 0 saturated heterocycles. The van der Waals surface area contributed by atoms with E-state index in [0.29, 0.717) is 0 Å². The highest BCUT2D eigenvalue weighted by molar-refractivity contribution is 9.09. The summed E-state index contributed by atoms with van der Waals surface area (Å²) in [7, 11) is 0. The Hall–Kier alpha value is -0.880. The third kappa shape index (κ3) is 3.81. The lowest BCUT2D eigenvalue weighted by molar-refractivity contribution is 0.752. The Kier molecular flexibility index (Phi) is 5.67. The molecule has 0 spiro atoms. The lowest BCUT2D eigenvalue weighted by Crippen LogP contribution is -1.98. The zero-order chi connectivity index (χ0) is 12.6. The van der Waals surface area contributed by atoms with Crippen LogP contribution in [0.1, 0.15) is 19.3 Å². The van der Waals surface area contributed by atoms with E-state index in [-0.39, 0.29) is 0 Å². The van der Waals surface area contributed by atoms with E-state index in [1.807, 2.05) is 30.3 Å². The molecule has 1 heterocycles. The van der Waals surface area contributed by atoms with Gasteiger partial charge in [0.05, 0.1) is 5.69 Å². The fourth-order valence-electron chi connectivity index (χ4n) is 1.54. The lowest BCUT2D eigenvalue weighted by Gasteiger charge is -2.03. The number of unbranched alkanes of at least 4 members (excludes halogenated alkanes) is 2. The van der Waals surface area contributed by atoms with Crippen molar-refractivity contribution in [3.8, 4) is 5.69 Å². The minimum atomic E-state index is 0.861. The van der Waals surface area contributed by atoms with Crippen LogP contribution in [0.5, 0.6) is 0 Å². The highest BCUT2D eigenvalue weighted by Crippen LogP contribution is 2.19. The summed E-state index contributed by atoms with van der Waals surface area (Å²) in [6.45, 7) is 0. The number of nitrogens with zero attached hydrogens (tertiary/aromatic N) is 4. The smallest absolute Gasteiger partial charge is 0.188 e. The zero-order valence-electron chi connectivity index (χ0n) is 10.00. The van der Waals surface area contributed by atoms with Crippen LogP contribution in [0.3, 0.4) is 0 Å². The Morgan fingerprint density at radius 1 is 1.11 bits per heavy atom. The maximum absolute atomic E-state index is 4.07. The van der Waals surface area contributed by atoms with Gasteiger partial charge in [-0.2, -0.15) is 4.68 Å². The van der Waals surface area contributed by atoms with Gasteiger partial charge < -0.3 is 0 Å². The molecular formula is C12H15BrN4S. The van der Waals surface area contributed by atoms with Crippen molar-refractivity contribution in [3.63, 3.8) is 0 Å². The summed E-state index contributed by atoms with van der Waals surface area (Å²) >= 11 is 5.15. The predicted molar refractivity (Wildman–Crippen MR) is 77.5 cm³/mol. The van der Waals surface area contributed by atoms with Crippen LogP contribution in [-0.4, -0.2) is 31.3 Å². The molecule has 0 atom stereocenters. The molecule has 6 heteroatoms. The van der Waals surface area contributed by atoms with Crippen molar-refractivity contribution >= 4 is 27.7 Å².